The van der Waals surface area contributed by atoms with E-state index in [2.05, 4.69) is 22.3 Å². The minimum atomic E-state index is -3.56. The second-order valence-electron chi connectivity index (χ2n) is 2.88. The Labute approximate surface area is 98.5 Å². The Morgan fingerprint density at radius 2 is 2.12 bits per heavy atom. The van der Waals surface area contributed by atoms with Crippen LogP contribution in [-0.4, -0.2) is 25.7 Å². The Bertz CT molecular complexity index is 513. The largest absolute Gasteiger partial charge is 0.506 e. The highest BCUT2D eigenvalue weighted by molar-refractivity contribution is 7.89. The first kappa shape index (κ1) is 12.7. The minimum Gasteiger partial charge on any atom is -0.506 e. The van der Waals surface area contributed by atoms with Gasteiger partial charge in [0.1, 0.15) is 5.75 Å². The van der Waals surface area contributed by atoms with Crippen molar-refractivity contribution >= 4 is 33.0 Å². The van der Waals surface area contributed by atoms with Crippen molar-refractivity contribution < 1.29 is 13.5 Å². The van der Waals surface area contributed by atoms with Gasteiger partial charge >= 0.3 is 0 Å². The monoisotopic (exact) mass is 261 g/mol. The summed E-state index contributed by atoms with van der Waals surface area (Å²) < 4.78 is 25.1. The molecule has 0 aliphatic rings. The van der Waals surface area contributed by atoms with E-state index < -0.39 is 10.0 Å². The molecule has 0 aliphatic carbocycles. The minimum absolute atomic E-state index is 0.00606. The molecule has 0 spiro atoms. The van der Waals surface area contributed by atoms with Gasteiger partial charge in [0.05, 0.1) is 10.6 Å². The van der Waals surface area contributed by atoms with Crippen LogP contribution in [-0.2, 0) is 10.0 Å². The van der Waals surface area contributed by atoms with E-state index in [-0.39, 0.29) is 21.4 Å². The fourth-order valence-electron chi connectivity index (χ4n) is 1.03. The third-order valence-corrected chi connectivity index (χ3v) is 3.32. The molecule has 0 heterocycles. The number of thiocarbonyl (C=S) groups is 1. The summed E-state index contributed by atoms with van der Waals surface area (Å²) >= 11 is 4.59. The van der Waals surface area contributed by atoms with Crippen LogP contribution < -0.4 is 15.8 Å². The van der Waals surface area contributed by atoms with Gasteiger partial charge in [-0.05, 0) is 37.5 Å². The molecular weight excluding hydrogens is 250 g/mol. The Balaban J connectivity index is 3.22. The number of benzene rings is 1. The fraction of sp³-hybridized carbons (Fsp3) is 0.125. The van der Waals surface area contributed by atoms with Crippen LogP contribution in [0.2, 0.25) is 0 Å². The first-order valence-corrected chi connectivity index (χ1v) is 6.09. The van der Waals surface area contributed by atoms with E-state index in [1.165, 1.54) is 25.2 Å². The smallest absolute Gasteiger partial charge is 0.240 e. The van der Waals surface area contributed by atoms with Gasteiger partial charge in [0.15, 0.2) is 5.11 Å². The molecule has 8 heteroatoms. The SMILES string of the molecule is CNS(=O)(=O)c1ccc(O)c(NC(N)=S)c1. The normalized spacial score (nSPS) is 11.1. The summed E-state index contributed by atoms with van der Waals surface area (Å²) in [6, 6.07) is 3.75. The highest BCUT2D eigenvalue weighted by atomic mass is 32.2. The van der Waals surface area contributed by atoms with Crippen LogP contribution in [0.25, 0.3) is 0 Å². The molecule has 0 aliphatic heterocycles. The standard InChI is InChI=1S/C8H11N3O3S2/c1-10-16(13,14)5-2-3-7(12)6(4-5)11-8(9)15/h2-4,10,12H,1H3,(H3,9,11,15). The molecule has 0 fully saturated rings. The number of nitrogens with two attached hydrogens (primary N) is 1. The molecule has 0 saturated heterocycles. The molecule has 0 amide bonds. The summed E-state index contributed by atoms with van der Waals surface area (Å²) in [6.45, 7) is 0. The van der Waals surface area contributed by atoms with Crippen molar-refractivity contribution in [2.45, 2.75) is 4.90 Å². The number of nitrogens with one attached hydrogen (secondary N) is 2. The molecule has 6 nitrogen and oxygen atoms in total. The molecule has 0 saturated carbocycles. The van der Waals surface area contributed by atoms with Crippen molar-refractivity contribution in [1.29, 1.82) is 0 Å². The van der Waals surface area contributed by atoms with E-state index in [9.17, 15) is 13.5 Å². The van der Waals surface area contributed by atoms with Crippen LogP contribution in [0.5, 0.6) is 5.75 Å². The zero-order valence-electron chi connectivity index (χ0n) is 8.39. The van der Waals surface area contributed by atoms with E-state index in [0.717, 1.165) is 0 Å². The first-order chi connectivity index (χ1) is 7.36. The van der Waals surface area contributed by atoms with Gasteiger partial charge in [0, 0.05) is 0 Å². The Hall–Kier alpha value is -1.38. The van der Waals surface area contributed by atoms with Crippen LogP contribution in [0, 0.1) is 0 Å². The summed E-state index contributed by atoms with van der Waals surface area (Å²) in [5.74, 6) is -0.136. The predicted molar refractivity (Wildman–Crippen MR) is 64.8 cm³/mol. The number of anilines is 1. The van der Waals surface area contributed by atoms with Gasteiger partial charge in [0.2, 0.25) is 10.0 Å². The molecule has 0 aromatic heterocycles. The van der Waals surface area contributed by atoms with Crippen LogP contribution in [0.4, 0.5) is 5.69 Å². The molecule has 16 heavy (non-hydrogen) atoms. The molecule has 88 valence electrons. The highest BCUT2D eigenvalue weighted by Crippen LogP contribution is 2.25. The number of phenols is 1. The summed E-state index contributed by atoms with van der Waals surface area (Å²) in [6.07, 6.45) is 0. The Morgan fingerprint density at radius 1 is 1.50 bits per heavy atom. The quantitative estimate of drug-likeness (QED) is 0.449. The molecule has 1 aromatic rings. The van der Waals surface area contributed by atoms with Crippen molar-refractivity contribution in [3.05, 3.63) is 18.2 Å². The van der Waals surface area contributed by atoms with Gasteiger partial charge < -0.3 is 16.2 Å². The van der Waals surface area contributed by atoms with E-state index in [1.807, 2.05) is 0 Å². The predicted octanol–water partition coefficient (Wildman–Crippen LogP) is -0.0442. The number of sulfonamides is 1. The van der Waals surface area contributed by atoms with Gasteiger partial charge in [-0.15, -0.1) is 0 Å². The maximum atomic E-state index is 11.5. The number of hydrogen-bond acceptors (Lipinski definition) is 4. The third kappa shape index (κ3) is 2.81. The Morgan fingerprint density at radius 3 is 2.62 bits per heavy atom. The average Bonchev–Trinajstić information content (AvgIpc) is 2.20. The summed E-state index contributed by atoms with van der Waals surface area (Å²) in [5, 5.41) is 11.8. The highest BCUT2D eigenvalue weighted by Gasteiger charge is 2.13. The van der Waals surface area contributed by atoms with Crippen molar-refractivity contribution in [1.82, 2.24) is 4.72 Å². The molecule has 0 atom stereocenters. The van der Waals surface area contributed by atoms with Gasteiger partial charge in [-0.25, -0.2) is 13.1 Å². The molecule has 0 bridgehead atoms. The van der Waals surface area contributed by atoms with Crippen molar-refractivity contribution in [3.63, 3.8) is 0 Å². The number of rotatable bonds is 3. The van der Waals surface area contributed by atoms with Gasteiger partial charge in [-0.2, -0.15) is 0 Å². The van der Waals surface area contributed by atoms with E-state index in [1.54, 1.807) is 0 Å². The van der Waals surface area contributed by atoms with Crippen molar-refractivity contribution in [3.8, 4) is 5.75 Å². The first-order valence-electron chi connectivity index (χ1n) is 4.20. The number of aromatic hydroxyl groups is 1. The number of phenolic OH excluding ortho intramolecular Hbond substituents is 1. The maximum absolute atomic E-state index is 11.5. The van der Waals surface area contributed by atoms with Crippen molar-refractivity contribution in [2.75, 3.05) is 12.4 Å². The Kier molecular flexibility index (Phi) is 3.68. The zero-order chi connectivity index (χ0) is 12.3. The molecule has 1 rings (SSSR count). The summed E-state index contributed by atoms with van der Waals surface area (Å²) in [4.78, 5) is 0.00606. The second kappa shape index (κ2) is 4.64. The van der Waals surface area contributed by atoms with E-state index in [4.69, 9.17) is 5.73 Å². The number of hydrogen-bond donors (Lipinski definition) is 4. The topological polar surface area (TPSA) is 104 Å². The van der Waals surface area contributed by atoms with Crippen LogP contribution in [0.3, 0.4) is 0 Å². The zero-order valence-corrected chi connectivity index (χ0v) is 10.0. The van der Waals surface area contributed by atoms with E-state index >= 15 is 0 Å². The maximum Gasteiger partial charge on any atom is 0.240 e. The van der Waals surface area contributed by atoms with Crippen LogP contribution >= 0.6 is 12.2 Å². The van der Waals surface area contributed by atoms with E-state index in [0.29, 0.717) is 0 Å². The average molecular weight is 261 g/mol. The second-order valence-corrected chi connectivity index (χ2v) is 5.20. The molecule has 0 radical (unpaired) electrons. The lowest BCUT2D eigenvalue weighted by atomic mass is 10.3. The molecule has 5 N–H and O–H groups in total. The third-order valence-electron chi connectivity index (χ3n) is 1.80. The van der Waals surface area contributed by atoms with Crippen LogP contribution in [0.15, 0.2) is 23.1 Å². The van der Waals surface area contributed by atoms with Crippen LogP contribution in [0.1, 0.15) is 0 Å². The summed E-state index contributed by atoms with van der Waals surface area (Å²) in [7, 11) is -2.26. The van der Waals surface area contributed by atoms with Gasteiger partial charge in [-0.3, -0.25) is 0 Å². The summed E-state index contributed by atoms with van der Waals surface area (Å²) in [5.41, 5.74) is 5.37. The fourth-order valence-corrected chi connectivity index (χ4v) is 1.90. The van der Waals surface area contributed by atoms with Crippen molar-refractivity contribution in [2.24, 2.45) is 5.73 Å². The van der Waals surface area contributed by atoms with Gasteiger partial charge in [-0.1, -0.05) is 0 Å². The lowest BCUT2D eigenvalue weighted by Crippen LogP contribution is -2.21. The molecule has 1 aromatic carbocycles. The molecular formula is C8H11N3O3S2. The van der Waals surface area contributed by atoms with Gasteiger partial charge in [0.25, 0.3) is 0 Å². The lowest BCUT2D eigenvalue weighted by Gasteiger charge is -2.09. The lowest BCUT2D eigenvalue weighted by molar-refractivity contribution is 0.477. The molecule has 0 unspecified atom stereocenters.